The van der Waals surface area contributed by atoms with Gasteiger partial charge in [-0.15, -0.1) is 0 Å². The van der Waals surface area contributed by atoms with Crippen molar-refractivity contribution in [3.63, 3.8) is 0 Å². The molecule has 1 aromatic carbocycles. The van der Waals surface area contributed by atoms with Gasteiger partial charge in [0.2, 0.25) is 11.9 Å². The van der Waals surface area contributed by atoms with E-state index in [9.17, 15) is 24.9 Å². The number of rotatable bonds is 7. The van der Waals surface area contributed by atoms with E-state index in [2.05, 4.69) is 6.58 Å². The average molecular weight is 545 g/mol. The number of aryl methyl sites for hydroxylation is 1. The van der Waals surface area contributed by atoms with Gasteiger partial charge in [0.25, 0.3) is 0 Å². The molecule has 39 heavy (non-hydrogen) atoms. The Morgan fingerprint density at radius 1 is 1.26 bits per heavy atom. The number of hydrogen-bond acceptors (Lipinski definition) is 10. The van der Waals surface area contributed by atoms with Crippen LogP contribution < -0.4 is 4.74 Å². The van der Waals surface area contributed by atoms with E-state index in [4.69, 9.17) is 23.7 Å². The Balaban J connectivity index is 1.82. The largest absolute Gasteiger partial charge is 0.504 e. The normalized spacial score (nSPS) is 34.2. The zero-order chi connectivity index (χ0) is 28.7. The molecule has 2 bridgehead atoms. The molecule has 4 aliphatic rings. The third-order valence-corrected chi connectivity index (χ3v) is 8.78. The maximum atomic E-state index is 13.6. The molecule has 2 aliphatic carbocycles. The molecule has 3 fully saturated rings. The number of phenols is 1. The Kier molecular flexibility index (Phi) is 6.42. The molecule has 0 amide bonds. The zero-order valence-corrected chi connectivity index (χ0v) is 23.1. The van der Waals surface area contributed by atoms with Crippen LogP contribution in [0.1, 0.15) is 63.6 Å². The van der Waals surface area contributed by atoms with Crippen LogP contribution in [0.2, 0.25) is 0 Å². The molecule has 2 heterocycles. The predicted octanol–water partition coefficient (Wildman–Crippen LogP) is 2.85. The number of aromatic hydroxyl groups is 1. The minimum absolute atomic E-state index is 0.0608. The van der Waals surface area contributed by atoms with Crippen molar-refractivity contribution >= 4 is 17.5 Å². The summed E-state index contributed by atoms with van der Waals surface area (Å²) in [6, 6.07) is 1.57. The van der Waals surface area contributed by atoms with Crippen molar-refractivity contribution in [3.8, 4) is 11.5 Å². The van der Waals surface area contributed by atoms with E-state index in [1.54, 1.807) is 33.8 Å². The summed E-state index contributed by atoms with van der Waals surface area (Å²) in [5.41, 5.74) is -0.321. The lowest BCUT2D eigenvalue weighted by atomic mass is 9.49. The van der Waals surface area contributed by atoms with Crippen LogP contribution in [0, 0.1) is 18.3 Å². The fourth-order valence-electron chi connectivity index (χ4n) is 6.99. The summed E-state index contributed by atoms with van der Waals surface area (Å²) in [6.07, 6.45) is -2.55. The minimum Gasteiger partial charge on any atom is -0.504 e. The fourth-order valence-corrected chi connectivity index (χ4v) is 6.99. The van der Waals surface area contributed by atoms with E-state index in [-0.39, 0.29) is 43.5 Å². The smallest absolute Gasteiger partial charge is 0.353 e. The van der Waals surface area contributed by atoms with E-state index in [0.717, 1.165) is 0 Å². The van der Waals surface area contributed by atoms with Crippen molar-refractivity contribution < 1.29 is 48.6 Å². The van der Waals surface area contributed by atoms with Crippen LogP contribution in [0.4, 0.5) is 0 Å². The van der Waals surface area contributed by atoms with Crippen LogP contribution in [-0.4, -0.2) is 70.7 Å². The van der Waals surface area contributed by atoms with Crippen LogP contribution in [0.5, 0.6) is 11.5 Å². The second-order valence-electron chi connectivity index (χ2n) is 11.0. The lowest BCUT2D eigenvalue weighted by Gasteiger charge is -2.57. The standard InChI is InChI=1S/C29H36O10/c1-8-27(7,33)26(32)38-21-19-15(6)24(36-10-3)29(34)22-18-17(13(4)11-16(30)20(18)35-9-2)14(5)23(39-25(21)31)28(19,22)12-37-29/h11,19,21-22,24,30,33-34H,6,8-10,12H2,1-5,7H3. The summed E-state index contributed by atoms with van der Waals surface area (Å²) in [6.45, 7) is 14.6. The monoisotopic (exact) mass is 544 g/mol. The first kappa shape index (κ1) is 27.6. The van der Waals surface area contributed by atoms with E-state index >= 15 is 0 Å². The van der Waals surface area contributed by atoms with E-state index in [1.165, 1.54) is 6.92 Å². The average Bonchev–Trinajstić information content (AvgIpc) is 3.14. The van der Waals surface area contributed by atoms with Gasteiger partial charge in [0.15, 0.2) is 17.1 Å². The molecule has 3 N–H and O–H groups in total. The number of benzene rings is 1. The van der Waals surface area contributed by atoms with E-state index in [1.807, 2.05) is 6.92 Å². The second-order valence-corrected chi connectivity index (χ2v) is 11.0. The number of carbonyl (C=O) groups excluding carboxylic acids is 2. The molecule has 2 aliphatic heterocycles. The number of carbonyl (C=O) groups is 2. The Bertz CT molecular complexity index is 1300. The molecule has 0 radical (unpaired) electrons. The van der Waals surface area contributed by atoms with Gasteiger partial charge in [0.1, 0.15) is 11.9 Å². The quantitative estimate of drug-likeness (QED) is 0.347. The number of hydrogen-bond donors (Lipinski definition) is 3. The lowest BCUT2D eigenvalue weighted by Crippen LogP contribution is -2.65. The van der Waals surface area contributed by atoms with Crippen molar-refractivity contribution in [1.29, 1.82) is 0 Å². The van der Waals surface area contributed by atoms with Crippen LogP contribution in [0.3, 0.4) is 0 Å². The van der Waals surface area contributed by atoms with Gasteiger partial charge in [-0.3, -0.25) is 0 Å². The predicted molar refractivity (Wildman–Crippen MR) is 138 cm³/mol. The topological polar surface area (TPSA) is 141 Å². The van der Waals surface area contributed by atoms with Crippen molar-refractivity contribution in [2.45, 2.75) is 77.5 Å². The molecule has 7 unspecified atom stereocenters. The number of esters is 2. The number of fused-ring (bicyclic) bond motifs is 1. The van der Waals surface area contributed by atoms with Gasteiger partial charge in [-0.25, -0.2) is 9.59 Å². The van der Waals surface area contributed by atoms with Gasteiger partial charge in [-0.1, -0.05) is 13.5 Å². The van der Waals surface area contributed by atoms with Crippen molar-refractivity contribution in [2.24, 2.45) is 11.3 Å². The molecule has 2 saturated heterocycles. The summed E-state index contributed by atoms with van der Waals surface area (Å²) in [5, 5.41) is 33.8. The highest BCUT2D eigenvalue weighted by atomic mass is 16.7. The number of aliphatic hydroxyl groups is 2. The van der Waals surface area contributed by atoms with Crippen LogP contribution >= 0.6 is 0 Å². The van der Waals surface area contributed by atoms with Crippen LogP contribution in [-0.2, 0) is 28.5 Å². The Morgan fingerprint density at radius 3 is 2.56 bits per heavy atom. The van der Waals surface area contributed by atoms with Gasteiger partial charge in [-0.2, -0.15) is 0 Å². The lowest BCUT2D eigenvalue weighted by molar-refractivity contribution is -0.249. The SMILES string of the molecule is C=C1C(OCC)C2(O)OCC34C(=C(C)c5c(C)cc(O)c(OCC)c5C23)OC(=O)C(OC(=O)C(C)(O)CC)C14. The highest BCUT2D eigenvalue weighted by Gasteiger charge is 2.78. The summed E-state index contributed by atoms with van der Waals surface area (Å²) in [5.74, 6) is -5.29. The highest BCUT2D eigenvalue weighted by Crippen LogP contribution is 2.72. The van der Waals surface area contributed by atoms with Gasteiger partial charge < -0.3 is 39.0 Å². The summed E-state index contributed by atoms with van der Waals surface area (Å²) < 4.78 is 29.8. The zero-order valence-electron chi connectivity index (χ0n) is 23.1. The number of allylic oxidation sites excluding steroid dienone is 1. The molecule has 1 spiro atoms. The molecular weight excluding hydrogens is 508 g/mol. The van der Waals surface area contributed by atoms with E-state index < -0.39 is 52.8 Å². The van der Waals surface area contributed by atoms with Crippen molar-refractivity contribution in [3.05, 3.63) is 40.7 Å². The van der Waals surface area contributed by atoms with Crippen LogP contribution in [0.15, 0.2) is 24.0 Å². The first-order valence-electron chi connectivity index (χ1n) is 13.3. The molecule has 1 saturated carbocycles. The molecule has 212 valence electrons. The van der Waals surface area contributed by atoms with Gasteiger partial charge >= 0.3 is 11.9 Å². The number of phenolic OH excluding ortho intramolecular Hbond substituents is 1. The summed E-state index contributed by atoms with van der Waals surface area (Å²) in [4.78, 5) is 26.6. The molecule has 5 rings (SSSR count). The Hall–Kier alpha value is -2.92. The van der Waals surface area contributed by atoms with E-state index in [0.29, 0.717) is 27.8 Å². The Morgan fingerprint density at radius 2 is 1.95 bits per heavy atom. The Labute approximate surface area is 227 Å². The summed E-state index contributed by atoms with van der Waals surface area (Å²) in [7, 11) is 0. The highest BCUT2D eigenvalue weighted by molar-refractivity contribution is 5.89. The minimum atomic E-state index is -1.97. The number of ether oxygens (including phenoxy) is 5. The second kappa shape index (κ2) is 9.05. The molecular formula is C29H36O10. The molecule has 7 atom stereocenters. The molecule has 0 aromatic heterocycles. The first-order valence-corrected chi connectivity index (χ1v) is 13.3. The maximum absolute atomic E-state index is 13.6. The molecule has 1 aromatic rings. The van der Waals surface area contributed by atoms with Gasteiger partial charge in [0, 0.05) is 18.1 Å². The van der Waals surface area contributed by atoms with Gasteiger partial charge in [0.05, 0.1) is 24.5 Å². The molecule has 10 nitrogen and oxygen atoms in total. The molecule has 10 heteroatoms. The van der Waals surface area contributed by atoms with Crippen LogP contribution in [0.25, 0.3) is 5.57 Å². The van der Waals surface area contributed by atoms with Crippen molar-refractivity contribution in [2.75, 3.05) is 19.8 Å². The summed E-state index contributed by atoms with van der Waals surface area (Å²) >= 11 is 0. The third kappa shape index (κ3) is 3.48. The fraction of sp³-hybridized carbons (Fsp3) is 0.586. The first-order chi connectivity index (χ1) is 18.3. The third-order valence-electron chi connectivity index (χ3n) is 8.78. The van der Waals surface area contributed by atoms with Gasteiger partial charge in [-0.05, 0) is 69.4 Å². The van der Waals surface area contributed by atoms with Crippen molar-refractivity contribution in [1.82, 2.24) is 0 Å². The maximum Gasteiger partial charge on any atom is 0.353 e.